The Morgan fingerprint density at radius 2 is 1.68 bits per heavy atom. The number of rotatable bonds is 5. The average molecular weight is 399 g/mol. The number of thioether (sulfide) groups is 1. The molecular weight excluding hydrogens is 378 g/mol. The van der Waals surface area contributed by atoms with Gasteiger partial charge in [0.05, 0.1) is 5.69 Å². The predicted molar refractivity (Wildman–Crippen MR) is 109 cm³/mol. The zero-order valence-corrected chi connectivity index (χ0v) is 16.2. The molecule has 0 spiro atoms. The smallest absolute Gasteiger partial charge is 0.319 e. The third-order valence-electron chi connectivity index (χ3n) is 4.43. The van der Waals surface area contributed by atoms with E-state index >= 15 is 0 Å². The number of hydrogen-bond acceptors (Lipinski definition) is 5. The van der Waals surface area contributed by atoms with Crippen LogP contribution in [0, 0.1) is 0 Å². The Hall–Kier alpha value is -2.87. The molecule has 0 radical (unpaired) electrons. The first kappa shape index (κ1) is 18.5. The topological polar surface area (TPSA) is 88.7 Å². The number of hydrogen-bond donors (Lipinski definition) is 3. The molecule has 146 valence electrons. The Kier molecular flexibility index (Phi) is 5.29. The Morgan fingerprint density at radius 3 is 2.32 bits per heavy atom. The van der Waals surface area contributed by atoms with Crippen molar-refractivity contribution < 1.29 is 19.1 Å². The molecule has 0 atom stereocenters. The molecule has 1 aliphatic carbocycles. The monoisotopic (exact) mass is 399 g/mol. The highest BCUT2D eigenvalue weighted by Crippen LogP contribution is 2.39. The van der Waals surface area contributed by atoms with Crippen LogP contribution in [0.1, 0.15) is 23.2 Å². The van der Waals surface area contributed by atoms with Gasteiger partial charge in [0.2, 0.25) is 0 Å². The lowest BCUT2D eigenvalue weighted by Gasteiger charge is -2.21. The van der Waals surface area contributed by atoms with Crippen molar-refractivity contribution in [1.29, 1.82) is 0 Å². The molecule has 0 bridgehead atoms. The maximum absolute atomic E-state index is 12.6. The fraction of sp³-hybridized carbons (Fsp3) is 0.300. The fourth-order valence-corrected chi connectivity index (χ4v) is 3.37. The minimum atomic E-state index is -0.235. The second-order valence-electron chi connectivity index (χ2n) is 6.60. The van der Waals surface area contributed by atoms with Gasteiger partial charge in [-0.1, -0.05) is 0 Å². The molecule has 2 aromatic rings. The number of carbonyl (C=O) groups excluding carboxylic acids is 2. The summed E-state index contributed by atoms with van der Waals surface area (Å²) in [5, 5.41) is 8.55. The molecule has 4 rings (SSSR count). The van der Waals surface area contributed by atoms with Gasteiger partial charge in [-0.3, -0.25) is 4.79 Å². The van der Waals surface area contributed by atoms with Crippen molar-refractivity contribution >= 4 is 35.1 Å². The summed E-state index contributed by atoms with van der Waals surface area (Å²) < 4.78 is 11.2. The normalized spacial score (nSPS) is 14.9. The highest BCUT2D eigenvalue weighted by Gasteiger charge is 2.23. The third-order valence-corrected chi connectivity index (χ3v) is 5.21. The van der Waals surface area contributed by atoms with E-state index in [0.29, 0.717) is 47.7 Å². The summed E-state index contributed by atoms with van der Waals surface area (Å²) in [6.45, 7) is 1.01. The van der Waals surface area contributed by atoms with Crippen molar-refractivity contribution in [3.63, 3.8) is 0 Å². The summed E-state index contributed by atoms with van der Waals surface area (Å²) in [7, 11) is 0. The molecule has 0 unspecified atom stereocenters. The van der Waals surface area contributed by atoms with Crippen LogP contribution in [-0.2, 0) is 0 Å². The van der Waals surface area contributed by atoms with Gasteiger partial charge in [-0.15, -0.1) is 11.8 Å². The lowest BCUT2D eigenvalue weighted by Crippen LogP contribution is -2.30. The lowest BCUT2D eigenvalue weighted by molar-refractivity contribution is 0.102. The Morgan fingerprint density at radius 1 is 1.00 bits per heavy atom. The number of fused-ring (bicyclic) bond motifs is 1. The molecule has 1 aliphatic heterocycles. The highest BCUT2D eigenvalue weighted by atomic mass is 32.2. The molecule has 3 amide bonds. The van der Waals surface area contributed by atoms with E-state index in [4.69, 9.17) is 9.47 Å². The van der Waals surface area contributed by atoms with Crippen LogP contribution in [0.5, 0.6) is 11.5 Å². The minimum Gasteiger partial charge on any atom is -0.486 e. The maximum Gasteiger partial charge on any atom is 0.319 e. The van der Waals surface area contributed by atoms with Crippen LogP contribution in [0.3, 0.4) is 0 Å². The van der Waals surface area contributed by atoms with Crippen LogP contribution in [0.4, 0.5) is 16.2 Å². The third kappa shape index (κ3) is 4.33. The number of urea groups is 1. The minimum absolute atomic E-state index is 0.222. The van der Waals surface area contributed by atoms with Gasteiger partial charge < -0.3 is 25.4 Å². The second kappa shape index (κ2) is 8.02. The van der Waals surface area contributed by atoms with E-state index in [2.05, 4.69) is 16.0 Å². The van der Waals surface area contributed by atoms with Gasteiger partial charge in [0.15, 0.2) is 11.5 Å². The Bertz CT molecular complexity index is 897. The molecule has 2 aliphatic rings. The van der Waals surface area contributed by atoms with Gasteiger partial charge in [-0.25, -0.2) is 4.79 Å². The summed E-state index contributed by atoms with van der Waals surface area (Å²) >= 11 is 1.52. The quantitative estimate of drug-likeness (QED) is 0.667. The van der Waals surface area contributed by atoms with Crippen LogP contribution in [-0.4, -0.2) is 37.4 Å². The van der Waals surface area contributed by atoms with E-state index in [1.807, 2.05) is 12.3 Å². The number of amides is 3. The first-order valence-electron chi connectivity index (χ1n) is 9.09. The van der Waals surface area contributed by atoms with Crippen LogP contribution >= 0.6 is 11.8 Å². The standard InChI is InChI=1S/C20H21N3O4S/c1-28-18-11-17-16(26-8-9-27-17)10-15(18)23-19(24)12-2-4-13(5-3-12)21-20(25)22-14-6-7-14/h2-5,10-11,14H,6-9H2,1H3,(H,23,24)(H2,21,22,25). The number of ether oxygens (including phenoxy) is 2. The van der Waals surface area contributed by atoms with E-state index in [-0.39, 0.29) is 11.9 Å². The van der Waals surface area contributed by atoms with Gasteiger partial charge in [-0.2, -0.15) is 0 Å². The van der Waals surface area contributed by atoms with E-state index in [1.165, 1.54) is 11.8 Å². The number of anilines is 2. The van der Waals surface area contributed by atoms with Gasteiger partial charge in [0.1, 0.15) is 13.2 Å². The predicted octanol–water partition coefficient (Wildman–Crippen LogP) is 3.72. The van der Waals surface area contributed by atoms with Crippen molar-refractivity contribution in [1.82, 2.24) is 5.32 Å². The molecule has 2 aromatic carbocycles. The Labute approximate surface area is 167 Å². The lowest BCUT2D eigenvalue weighted by atomic mass is 10.2. The number of nitrogens with one attached hydrogen (secondary N) is 3. The number of carbonyl (C=O) groups is 2. The van der Waals surface area contributed by atoms with Crippen molar-refractivity contribution in [2.24, 2.45) is 0 Å². The fourth-order valence-electron chi connectivity index (χ4n) is 2.82. The van der Waals surface area contributed by atoms with Crippen LogP contribution in [0.2, 0.25) is 0 Å². The van der Waals surface area contributed by atoms with E-state index in [9.17, 15) is 9.59 Å². The van der Waals surface area contributed by atoms with E-state index in [1.54, 1.807) is 30.3 Å². The molecule has 7 nitrogen and oxygen atoms in total. The molecule has 3 N–H and O–H groups in total. The summed E-state index contributed by atoms with van der Waals surface area (Å²) in [6.07, 6.45) is 4.00. The van der Waals surface area contributed by atoms with Crippen molar-refractivity contribution in [2.45, 2.75) is 23.8 Å². The van der Waals surface area contributed by atoms with Gasteiger partial charge in [0.25, 0.3) is 5.91 Å². The largest absolute Gasteiger partial charge is 0.486 e. The first-order valence-corrected chi connectivity index (χ1v) is 10.3. The van der Waals surface area contributed by atoms with E-state index in [0.717, 1.165) is 17.7 Å². The molecule has 28 heavy (non-hydrogen) atoms. The molecule has 1 heterocycles. The van der Waals surface area contributed by atoms with Gasteiger partial charge >= 0.3 is 6.03 Å². The summed E-state index contributed by atoms with van der Waals surface area (Å²) in [4.78, 5) is 25.3. The van der Waals surface area contributed by atoms with Crippen molar-refractivity contribution in [2.75, 3.05) is 30.1 Å². The zero-order valence-electron chi connectivity index (χ0n) is 15.4. The zero-order chi connectivity index (χ0) is 19.5. The first-order chi connectivity index (χ1) is 13.6. The summed E-state index contributed by atoms with van der Waals surface area (Å²) in [6, 6.07) is 10.5. The number of benzene rings is 2. The second-order valence-corrected chi connectivity index (χ2v) is 7.45. The SMILES string of the molecule is CSc1cc2c(cc1NC(=O)c1ccc(NC(=O)NC3CC3)cc1)OCCO2. The summed E-state index contributed by atoms with van der Waals surface area (Å²) in [5.41, 5.74) is 1.81. The molecule has 0 aromatic heterocycles. The molecule has 8 heteroatoms. The highest BCUT2D eigenvalue weighted by molar-refractivity contribution is 7.98. The van der Waals surface area contributed by atoms with Crippen LogP contribution < -0.4 is 25.4 Å². The molecule has 0 saturated heterocycles. The molecule has 1 fully saturated rings. The summed E-state index contributed by atoms with van der Waals surface area (Å²) in [5.74, 6) is 1.08. The average Bonchev–Trinajstić information content (AvgIpc) is 3.51. The van der Waals surface area contributed by atoms with Crippen LogP contribution in [0.25, 0.3) is 0 Å². The van der Waals surface area contributed by atoms with Crippen molar-refractivity contribution in [3.8, 4) is 11.5 Å². The van der Waals surface area contributed by atoms with Crippen molar-refractivity contribution in [3.05, 3.63) is 42.0 Å². The Balaban J connectivity index is 1.43. The molecule has 1 saturated carbocycles. The van der Waals surface area contributed by atoms with Gasteiger partial charge in [-0.05, 0) is 49.4 Å². The maximum atomic E-state index is 12.6. The van der Waals surface area contributed by atoms with Crippen LogP contribution in [0.15, 0.2) is 41.3 Å². The molecular formula is C20H21N3O4S. The van der Waals surface area contributed by atoms with E-state index < -0.39 is 0 Å². The van der Waals surface area contributed by atoms with Gasteiger partial charge in [0, 0.05) is 28.3 Å².